The molecule has 0 spiro atoms. The number of nitrogens with one attached hydrogen (secondary N) is 2. The summed E-state index contributed by atoms with van der Waals surface area (Å²) < 4.78 is 10.5. The molecule has 1 saturated heterocycles. The second-order valence-corrected chi connectivity index (χ2v) is 5.03. The van der Waals surface area contributed by atoms with Crippen molar-refractivity contribution in [1.82, 2.24) is 10.6 Å². The van der Waals surface area contributed by atoms with E-state index in [9.17, 15) is 9.90 Å². The molecular formula is C15H22N2O4. The minimum absolute atomic E-state index is 0.0514. The number of para-hydroxylation sites is 1. The summed E-state index contributed by atoms with van der Waals surface area (Å²) in [5.41, 5.74) is 0.494. The average molecular weight is 294 g/mol. The highest BCUT2D eigenvalue weighted by atomic mass is 16.5. The lowest BCUT2D eigenvalue weighted by Crippen LogP contribution is -2.34. The standard InChI is InChI=1S/C15H22N2O4/c1-20-6-7-21-14-5-3-2-4-12(14)15(19)17-9-11-8-16-10-13(11)18/h2-5,11,13,16,18H,6-10H2,1H3,(H,17,19). The van der Waals surface area contributed by atoms with Gasteiger partial charge in [-0.3, -0.25) is 4.79 Å². The molecule has 2 atom stereocenters. The van der Waals surface area contributed by atoms with Crippen molar-refractivity contribution in [2.45, 2.75) is 6.10 Å². The first kappa shape index (κ1) is 15.8. The molecule has 0 aliphatic carbocycles. The summed E-state index contributed by atoms with van der Waals surface area (Å²) in [6.07, 6.45) is -0.404. The second kappa shape index (κ2) is 7.97. The first-order valence-corrected chi connectivity index (χ1v) is 7.10. The van der Waals surface area contributed by atoms with Gasteiger partial charge in [0.25, 0.3) is 5.91 Å². The fourth-order valence-electron chi connectivity index (χ4n) is 2.26. The summed E-state index contributed by atoms with van der Waals surface area (Å²) in [7, 11) is 1.60. The van der Waals surface area contributed by atoms with Crippen molar-refractivity contribution < 1.29 is 19.4 Å². The normalized spacial score (nSPS) is 21.2. The van der Waals surface area contributed by atoms with Crippen molar-refractivity contribution in [3.8, 4) is 5.75 Å². The lowest BCUT2D eigenvalue weighted by Gasteiger charge is -2.15. The van der Waals surface area contributed by atoms with Gasteiger partial charge in [-0.25, -0.2) is 0 Å². The van der Waals surface area contributed by atoms with Crippen LogP contribution in [-0.4, -0.2) is 57.1 Å². The Hall–Kier alpha value is -1.63. The Balaban J connectivity index is 1.91. The number of rotatable bonds is 7. The van der Waals surface area contributed by atoms with Crippen molar-refractivity contribution >= 4 is 5.91 Å². The Morgan fingerprint density at radius 3 is 2.90 bits per heavy atom. The number of carbonyl (C=O) groups is 1. The molecular weight excluding hydrogens is 272 g/mol. The smallest absolute Gasteiger partial charge is 0.255 e. The number of β-amino-alcohol motifs (C(OH)–C–C–N with tert-alkyl or cyclic N) is 1. The van der Waals surface area contributed by atoms with Gasteiger partial charge in [-0.2, -0.15) is 0 Å². The molecule has 1 aliphatic heterocycles. The quantitative estimate of drug-likeness (QED) is 0.618. The Kier molecular flexibility index (Phi) is 5.98. The van der Waals surface area contributed by atoms with Gasteiger partial charge < -0.3 is 25.2 Å². The van der Waals surface area contributed by atoms with Crippen LogP contribution in [0.3, 0.4) is 0 Å². The van der Waals surface area contributed by atoms with Crippen molar-refractivity contribution in [1.29, 1.82) is 0 Å². The van der Waals surface area contributed by atoms with Crippen LogP contribution in [0.2, 0.25) is 0 Å². The molecule has 6 heteroatoms. The molecule has 1 aliphatic rings. The van der Waals surface area contributed by atoms with E-state index < -0.39 is 6.10 Å². The van der Waals surface area contributed by atoms with E-state index in [4.69, 9.17) is 9.47 Å². The second-order valence-electron chi connectivity index (χ2n) is 5.03. The van der Waals surface area contributed by atoms with Crippen LogP contribution in [-0.2, 0) is 4.74 Å². The number of methoxy groups -OCH3 is 1. The summed E-state index contributed by atoms with van der Waals surface area (Å²) in [5.74, 6) is 0.398. The molecule has 1 amide bonds. The zero-order valence-corrected chi connectivity index (χ0v) is 12.2. The van der Waals surface area contributed by atoms with Crippen molar-refractivity contribution in [2.75, 3.05) is 40.0 Å². The third kappa shape index (κ3) is 4.42. The molecule has 21 heavy (non-hydrogen) atoms. The topological polar surface area (TPSA) is 79.8 Å². The van der Waals surface area contributed by atoms with Gasteiger partial charge in [0, 0.05) is 32.7 Å². The van der Waals surface area contributed by atoms with Crippen LogP contribution >= 0.6 is 0 Å². The number of hydrogen-bond acceptors (Lipinski definition) is 5. The minimum atomic E-state index is -0.404. The van der Waals surface area contributed by atoms with Crippen molar-refractivity contribution in [3.63, 3.8) is 0 Å². The molecule has 1 aromatic carbocycles. The highest BCUT2D eigenvalue weighted by molar-refractivity contribution is 5.96. The molecule has 0 radical (unpaired) electrons. The largest absolute Gasteiger partial charge is 0.490 e. The Labute approximate surface area is 124 Å². The third-order valence-electron chi connectivity index (χ3n) is 3.51. The summed E-state index contributed by atoms with van der Waals surface area (Å²) in [4.78, 5) is 12.2. The first-order valence-electron chi connectivity index (χ1n) is 7.10. The molecule has 1 fully saturated rings. The molecule has 3 N–H and O–H groups in total. The minimum Gasteiger partial charge on any atom is -0.490 e. The van der Waals surface area contributed by atoms with Crippen LogP contribution in [0.5, 0.6) is 5.75 Å². The van der Waals surface area contributed by atoms with E-state index in [0.717, 1.165) is 0 Å². The summed E-state index contributed by atoms with van der Waals surface area (Å²) in [6.45, 7) is 2.60. The molecule has 2 rings (SSSR count). The molecule has 1 aromatic rings. The Morgan fingerprint density at radius 1 is 1.38 bits per heavy atom. The van der Waals surface area contributed by atoms with E-state index >= 15 is 0 Å². The number of aliphatic hydroxyl groups excluding tert-OH is 1. The van der Waals surface area contributed by atoms with E-state index in [0.29, 0.717) is 44.2 Å². The number of benzene rings is 1. The summed E-state index contributed by atoms with van der Waals surface area (Å²) in [5, 5.41) is 15.7. The summed E-state index contributed by atoms with van der Waals surface area (Å²) >= 11 is 0. The van der Waals surface area contributed by atoms with Gasteiger partial charge in [-0.1, -0.05) is 12.1 Å². The van der Waals surface area contributed by atoms with Crippen LogP contribution in [0.25, 0.3) is 0 Å². The van der Waals surface area contributed by atoms with Crippen LogP contribution in [0, 0.1) is 5.92 Å². The van der Waals surface area contributed by atoms with Gasteiger partial charge in [0.1, 0.15) is 12.4 Å². The number of aliphatic hydroxyl groups is 1. The predicted octanol–water partition coefficient (Wildman–Crippen LogP) is 0.0219. The summed E-state index contributed by atoms with van der Waals surface area (Å²) in [6, 6.07) is 7.10. The molecule has 6 nitrogen and oxygen atoms in total. The third-order valence-corrected chi connectivity index (χ3v) is 3.51. The lowest BCUT2D eigenvalue weighted by molar-refractivity contribution is 0.0919. The lowest BCUT2D eigenvalue weighted by atomic mass is 10.1. The van der Waals surface area contributed by atoms with Crippen molar-refractivity contribution in [3.05, 3.63) is 29.8 Å². The first-order chi connectivity index (χ1) is 10.2. The number of hydrogen-bond donors (Lipinski definition) is 3. The van der Waals surface area contributed by atoms with E-state index in [1.165, 1.54) is 0 Å². The maximum atomic E-state index is 12.2. The highest BCUT2D eigenvalue weighted by Crippen LogP contribution is 2.18. The Bertz CT molecular complexity index is 467. The number of ether oxygens (including phenoxy) is 2. The van der Waals surface area contributed by atoms with Gasteiger partial charge in [-0.05, 0) is 12.1 Å². The Morgan fingerprint density at radius 2 is 2.19 bits per heavy atom. The van der Waals surface area contributed by atoms with Crippen LogP contribution in [0.1, 0.15) is 10.4 Å². The molecule has 0 bridgehead atoms. The highest BCUT2D eigenvalue weighted by Gasteiger charge is 2.25. The molecule has 1 heterocycles. The maximum Gasteiger partial charge on any atom is 0.255 e. The number of amides is 1. The monoisotopic (exact) mass is 294 g/mol. The zero-order valence-electron chi connectivity index (χ0n) is 12.2. The molecule has 2 unspecified atom stereocenters. The molecule has 116 valence electrons. The number of carbonyl (C=O) groups excluding carboxylic acids is 1. The fourth-order valence-corrected chi connectivity index (χ4v) is 2.26. The van der Waals surface area contributed by atoms with Gasteiger partial charge in [-0.15, -0.1) is 0 Å². The SMILES string of the molecule is COCCOc1ccccc1C(=O)NCC1CNCC1O. The van der Waals surface area contributed by atoms with E-state index in [-0.39, 0.29) is 11.8 Å². The van der Waals surface area contributed by atoms with E-state index in [2.05, 4.69) is 10.6 Å². The predicted molar refractivity (Wildman–Crippen MR) is 78.5 cm³/mol. The van der Waals surface area contributed by atoms with Gasteiger partial charge in [0.15, 0.2) is 0 Å². The van der Waals surface area contributed by atoms with Gasteiger partial charge in [0.2, 0.25) is 0 Å². The van der Waals surface area contributed by atoms with Crippen LogP contribution in [0.4, 0.5) is 0 Å². The molecule has 0 saturated carbocycles. The average Bonchev–Trinajstić information content (AvgIpc) is 2.91. The van der Waals surface area contributed by atoms with Crippen LogP contribution < -0.4 is 15.4 Å². The van der Waals surface area contributed by atoms with Crippen molar-refractivity contribution in [2.24, 2.45) is 5.92 Å². The maximum absolute atomic E-state index is 12.2. The van der Waals surface area contributed by atoms with Gasteiger partial charge >= 0.3 is 0 Å². The van der Waals surface area contributed by atoms with E-state index in [1.807, 2.05) is 6.07 Å². The van der Waals surface area contributed by atoms with Gasteiger partial charge in [0.05, 0.1) is 18.3 Å². The van der Waals surface area contributed by atoms with E-state index in [1.54, 1.807) is 25.3 Å². The van der Waals surface area contributed by atoms with Crippen LogP contribution in [0.15, 0.2) is 24.3 Å². The zero-order chi connectivity index (χ0) is 15.1. The fraction of sp³-hybridized carbons (Fsp3) is 0.533. The molecule has 0 aromatic heterocycles.